The van der Waals surface area contributed by atoms with Crippen molar-refractivity contribution in [1.82, 2.24) is 4.90 Å². The number of nitrogens with zero attached hydrogens (tertiary/aromatic N) is 1. The molecule has 1 fully saturated rings. The van der Waals surface area contributed by atoms with E-state index in [1.807, 2.05) is 0 Å². The Morgan fingerprint density at radius 2 is 2.46 bits per heavy atom. The van der Waals surface area contributed by atoms with Crippen LogP contribution in [0.25, 0.3) is 0 Å². The number of likely N-dealkylation sites (tertiary alicyclic amines) is 1. The summed E-state index contributed by atoms with van der Waals surface area (Å²) in [4.78, 5) is 12.7. The van der Waals surface area contributed by atoms with Crippen LogP contribution < -0.4 is 5.73 Å². The third kappa shape index (κ3) is 4.24. The van der Waals surface area contributed by atoms with Crippen molar-refractivity contribution in [2.75, 3.05) is 26.2 Å². The molecule has 1 aliphatic heterocycles. The summed E-state index contributed by atoms with van der Waals surface area (Å²) in [5.41, 5.74) is 5.81. The maximum absolute atomic E-state index is 10.5. The molecule has 1 atom stereocenters. The molecule has 0 spiro atoms. The van der Waals surface area contributed by atoms with Gasteiger partial charge in [-0.1, -0.05) is 0 Å². The van der Waals surface area contributed by atoms with Crippen molar-refractivity contribution in [3.63, 3.8) is 0 Å². The van der Waals surface area contributed by atoms with E-state index in [1.54, 1.807) is 0 Å². The minimum atomic E-state index is -0.207. The Kier molecular flexibility index (Phi) is 4.18. The van der Waals surface area contributed by atoms with E-state index < -0.39 is 0 Å². The maximum Gasteiger partial charge on any atom is 0.302 e. The third-order valence-corrected chi connectivity index (χ3v) is 2.25. The van der Waals surface area contributed by atoms with E-state index in [1.165, 1.54) is 6.92 Å². The largest absolute Gasteiger partial charge is 0.465 e. The molecule has 2 N–H and O–H groups in total. The molecule has 4 heteroatoms. The summed E-state index contributed by atoms with van der Waals surface area (Å²) in [5.74, 6) is -0.207. The fourth-order valence-electron chi connectivity index (χ4n) is 1.61. The molecule has 76 valence electrons. The number of piperidine rings is 1. The van der Waals surface area contributed by atoms with E-state index in [4.69, 9.17) is 10.5 Å². The predicted molar refractivity (Wildman–Crippen MR) is 50.3 cm³/mol. The molecule has 0 unspecified atom stereocenters. The van der Waals surface area contributed by atoms with E-state index >= 15 is 0 Å². The summed E-state index contributed by atoms with van der Waals surface area (Å²) >= 11 is 0. The maximum atomic E-state index is 10.5. The molecule has 0 aromatic rings. The number of ether oxygens (including phenoxy) is 1. The number of carbonyl (C=O) groups is 1. The zero-order chi connectivity index (χ0) is 9.68. The minimum Gasteiger partial charge on any atom is -0.465 e. The van der Waals surface area contributed by atoms with Crippen LogP contribution in [0.3, 0.4) is 0 Å². The molecule has 1 aliphatic rings. The van der Waals surface area contributed by atoms with Crippen LogP contribution in [-0.4, -0.2) is 43.2 Å². The average Bonchev–Trinajstić information content (AvgIpc) is 2.03. The number of nitrogens with two attached hydrogens (primary N) is 1. The van der Waals surface area contributed by atoms with Crippen LogP contribution in [0.2, 0.25) is 0 Å². The zero-order valence-corrected chi connectivity index (χ0v) is 8.16. The van der Waals surface area contributed by atoms with Crippen molar-refractivity contribution in [2.45, 2.75) is 25.8 Å². The third-order valence-electron chi connectivity index (χ3n) is 2.25. The fraction of sp³-hybridized carbons (Fsp3) is 0.889. The first-order valence-corrected chi connectivity index (χ1v) is 4.80. The molecule has 0 aliphatic carbocycles. The molecule has 13 heavy (non-hydrogen) atoms. The molecular weight excluding hydrogens is 168 g/mol. The summed E-state index contributed by atoms with van der Waals surface area (Å²) in [5, 5.41) is 0. The van der Waals surface area contributed by atoms with Gasteiger partial charge in [-0.25, -0.2) is 0 Å². The summed E-state index contributed by atoms with van der Waals surface area (Å²) in [6, 6.07) is 0.297. The Bertz CT molecular complexity index is 173. The smallest absolute Gasteiger partial charge is 0.302 e. The van der Waals surface area contributed by atoms with Gasteiger partial charge in [-0.05, 0) is 19.4 Å². The number of carbonyl (C=O) groups excluding carboxylic acids is 1. The summed E-state index contributed by atoms with van der Waals surface area (Å²) in [6.45, 7) is 4.74. The predicted octanol–water partition coefficient (Wildman–Crippen LogP) is -0.0274. The van der Waals surface area contributed by atoms with E-state index in [-0.39, 0.29) is 5.97 Å². The van der Waals surface area contributed by atoms with Gasteiger partial charge in [0.25, 0.3) is 0 Å². The normalized spacial score (nSPS) is 24.3. The van der Waals surface area contributed by atoms with E-state index in [0.717, 1.165) is 32.5 Å². The van der Waals surface area contributed by atoms with Gasteiger partial charge < -0.3 is 10.5 Å². The van der Waals surface area contributed by atoms with Crippen LogP contribution in [0.1, 0.15) is 19.8 Å². The zero-order valence-electron chi connectivity index (χ0n) is 8.16. The van der Waals surface area contributed by atoms with Crippen LogP contribution >= 0.6 is 0 Å². The van der Waals surface area contributed by atoms with Gasteiger partial charge in [-0.15, -0.1) is 0 Å². The molecule has 1 rings (SSSR count). The molecule has 0 radical (unpaired) electrons. The van der Waals surface area contributed by atoms with Crippen LogP contribution in [-0.2, 0) is 9.53 Å². The molecule has 1 saturated heterocycles. The average molecular weight is 186 g/mol. The SMILES string of the molecule is CC(=O)OCCN1CCC[C@@H](N)C1. The van der Waals surface area contributed by atoms with Gasteiger partial charge in [0.2, 0.25) is 0 Å². The first kappa shape index (κ1) is 10.5. The van der Waals surface area contributed by atoms with Gasteiger partial charge in [-0.2, -0.15) is 0 Å². The van der Waals surface area contributed by atoms with Gasteiger partial charge >= 0.3 is 5.97 Å². The van der Waals surface area contributed by atoms with Crippen molar-refractivity contribution in [1.29, 1.82) is 0 Å². The number of rotatable bonds is 3. The highest BCUT2D eigenvalue weighted by Crippen LogP contribution is 2.07. The van der Waals surface area contributed by atoms with Crippen molar-refractivity contribution in [3.05, 3.63) is 0 Å². The quantitative estimate of drug-likeness (QED) is 0.629. The fourth-order valence-corrected chi connectivity index (χ4v) is 1.61. The second-order valence-corrected chi connectivity index (χ2v) is 3.54. The van der Waals surface area contributed by atoms with Crippen LogP contribution in [0.15, 0.2) is 0 Å². The molecule has 0 amide bonds. The lowest BCUT2D eigenvalue weighted by atomic mass is 10.1. The highest BCUT2D eigenvalue weighted by Gasteiger charge is 2.15. The van der Waals surface area contributed by atoms with Crippen molar-refractivity contribution < 1.29 is 9.53 Å². The molecular formula is C9H18N2O2. The second kappa shape index (κ2) is 5.19. The molecule has 0 saturated carbocycles. The van der Waals surface area contributed by atoms with Gasteiger partial charge in [0.1, 0.15) is 6.61 Å². The lowest BCUT2D eigenvalue weighted by Gasteiger charge is -2.30. The first-order chi connectivity index (χ1) is 6.18. The summed E-state index contributed by atoms with van der Waals surface area (Å²) in [6.07, 6.45) is 2.27. The van der Waals surface area contributed by atoms with Gasteiger partial charge in [-0.3, -0.25) is 9.69 Å². The topological polar surface area (TPSA) is 55.6 Å². The van der Waals surface area contributed by atoms with E-state index in [0.29, 0.717) is 12.6 Å². The van der Waals surface area contributed by atoms with E-state index in [9.17, 15) is 4.79 Å². The molecule has 1 heterocycles. The van der Waals surface area contributed by atoms with Gasteiger partial charge in [0.05, 0.1) is 0 Å². The number of hydrogen-bond donors (Lipinski definition) is 1. The molecule has 0 aromatic heterocycles. The van der Waals surface area contributed by atoms with Gasteiger partial charge in [0, 0.05) is 26.1 Å². The molecule has 0 bridgehead atoms. The van der Waals surface area contributed by atoms with Crippen LogP contribution in [0.5, 0.6) is 0 Å². The minimum absolute atomic E-state index is 0.207. The van der Waals surface area contributed by atoms with E-state index in [2.05, 4.69) is 4.90 Å². The Morgan fingerprint density at radius 1 is 1.69 bits per heavy atom. The van der Waals surface area contributed by atoms with Crippen molar-refractivity contribution in [2.24, 2.45) is 5.73 Å². The molecule has 0 aromatic carbocycles. The monoisotopic (exact) mass is 186 g/mol. The van der Waals surface area contributed by atoms with Crippen LogP contribution in [0.4, 0.5) is 0 Å². The van der Waals surface area contributed by atoms with Gasteiger partial charge in [0.15, 0.2) is 0 Å². The lowest BCUT2D eigenvalue weighted by Crippen LogP contribution is -2.44. The second-order valence-electron chi connectivity index (χ2n) is 3.54. The van der Waals surface area contributed by atoms with Crippen LogP contribution in [0, 0.1) is 0 Å². The Balaban J connectivity index is 2.10. The van der Waals surface area contributed by atoms with Crippen molar-refractivity contribution >= 4 is 5.97 Å². The Morgan fingerprint density at radius 3 is 3.08 bits per heavy atom. The number of hydrogen-bond acceptors (Lipinski definition) is 4. The highest BCUT2D eigenvalue weighted by molar-refractivity contribution is 5.65. The Hall–Kier alpha value is -0.610. The number of esters is 1. The lowest BCUT2D eigenvalue weighted by molar-refractivity contribution is -0.141. The summed E-state index contributed by atoms with van der Waals surface area (Å²) in [7, 11) is 0. The standard InChI is InChI=1S/C9H18N2O2/c1-8(12)13-6-5-11-4-2-3-9(10)7-11/h9H,2-7,10H2,1H3/t9-/m1/s1. The first-order valence-electron chi connectivity index (χ1n) is 4.80. The van der Waals surface area contributed by atoms with Crippen molar-refractivity contribution in [3.8, 4) is 0 Å². The Labute approximate surface area is 79.0 Å². The molecule has 4 nitrogen and oxygen atoms in total. The highest BCUT2D eigenvalue weighted by atomic mass is 16.5. The summed E-state index contributed by atoms with van der Waals surface area (Å²) < 4.78 is 4.86.